The highest BCUT2D eigenvalue weighted by Gasteiger charge is 2.51. The molecular formula is C30H37N3O2. The van der Waals surface area contributed by atoms with Crippen molar-refractivity contribution in [3.63, 3.8) is 0 Å². The lowest BCUT2D eigenvalue weighted by molar-refractivity contribution is -0.144. The van der Waals surface area contributed by atoms with Gasteiger partial charge in [-0.2, -0.15) is 5.26 Å². The number of hydrogen-bond donors (Lipinski definition) is 2. The molecule has 1 aliphatic heterocycles. The number of carboxylic acids is 1. The minimum absolute atomic E-state index is 0.185. The van der Waals surface area contributed by atoms with Crippen LogP contribution in [-0.2, 0) is 17.6 Å². The first-order chi connectivity index (χ1) is 17.0. The molecule has 1 heterocycles. The summed E-state index contributed by atoms with van der Waals surface area (Å²) in [6, 6.07) is 21.7. The zero-order valence-electron chi connectivity index (χ0n) is 20.6. The fourth-order valence-electron chi connectivity index (χ4n) is 6.02. The predicted octanol–water partition coefficient (Wildman–Crippen LogP) is 4.64. The molecule has 2 aliphatic carbocycles. The monoisotopic (exact) mass is 471 g/mol. The van der Waals surface area contributed by atoms with E-state index in [1.165, 1.54) is 17.5 Å². The Kier molecular flexibility index (Phi) is 6.95. The average Bonchev–Trinajstić information content (AvgIpc) is 3.79. The third-order valence-corrected chi connectivity index (χ3v) is 8.69. The normalized spacial score (nSPS) is 24.4. The lowest BCUT2D eigenvalue weighted by Crippen LogP contribution is -2.48. The number of nitriles is 1. The second kappa shape index (κ2) is 10.1. The van der Waals surface area contributed by atoms with Gasteiger partial charge in [0.15, 0.2) is 0 Å². The molecule has 5 nitrogen and oxygen atoms in total. The molecule has 0 amide bonds. The van der Waals surface area contributed by atoms with Gasteiger partial charge >= 0.3 is 5.97 Å². The first-order valence-corrected chi connectivity index (χ1v) is 13.2. The quantitative estimate of drug-likeness (QED) is 0.500. The summed E-state index contributed by atoms with van der Waals surface area (Å²) < 4.78 is 0. The highest BCUT2D eigenvalue weighted by atomic mass is 16.4. The Bertz CT molecular complexity index is 1050. The number of carboxylic acid groups (broad SMARTS) is 1. The third-order valence-electron chi connectivity index (χ3n) is 8.69. The van der Waals surface area contributed by atoms with Crippen LogP contribution in [0, 0.1) is 28.1 Å². The van der Waals surface area contributed by atoms with Gasteiger partial charge in [-0.3, -0.25) is 4.79 Å². The molecule has 2 aromatic rings. The predicted molar refractivity (Wildman–Crippen MR) is 137 cm³/mol. The molecule has 3 fully saturated rings. The van der Waals surface area contributed by atoms with Gasteiger partial charge in [0.05, 0.1) is 17.9 Å². The van der Waals surface area contributed by atoms with E-state index in [1.54, 1.807) is 0 Å². The summed E-state index contributed by atoms with van der Waals surface area (Å²) in [4.78, 5) is 14.1. The average molecular weight is 472 g/mol. The topological polar surface area (TPSA) is 76.4 Å². The van der Waals surface area contributed by atoms with E-state index in [-0.39, 0.29) is 5.41 Å². The second-order valence-electron chi connectivity index (χ2n) is 11.3. The smallest absolute Gasteiger partial charge is 0.310 e. The van der Waals surface area contributed by atoms with Gasteiger partial charge in [-0.15, -0.1) is 0 Å². The van der Waals surface area contributed by atoms with E-state index >= 15 is 0 Å². The van der Waals surface area contributed by atoms with E-state index < -0.39 is 11.4 Å². The van der Waals surface area contributed by atoms with Gasteiger partial charge in [0, 0.05) is 13.1 Å². The molecule has 3 aliphatic rings. The summed E-state index contributed by atoms with van der Waals surface area (Å²) >= 11 is 0. The van der Waals surface area contributed by atoms with Crippen LogP contribution < -0.4 is 5.32 Å². The summed E-state index contributed by atoms with van der Waals surface area (Å²) in [5.41, 5.74) is 3.58. The number of aliphatic carboxylic acids is 1. The van der Waals surface area contributed by atoms with Crippen molar-refractivity contribution in [2.24, 2.45) is 16.7 Å². The van der Waals surface area contributed by atoms with Crippen molar-refractivity contribution in [1.82, 2.24) is 10.2 Å². The van der Waals surface area contributed by atoms with Gasteiger partial charge in [0.2, 0.25) is 0 Å². The molecule has 5 heteroatoms. The van der Waals surface area contributed by atoms with Crippen molar-refractivity contribution in [3.05, 3.63) is 71.3 Å². The first-order valence-electron chi connectivity index (χ1n) is 13.2. The van der Waals surface area contributed by atoms with Crippen LogP contribution in [0.25, 0.3) is 0 Å². The summed E-state index contributed by atoms with van der Waals surface area (Å²) in [6.07, 6.45) is 6.57. The summed E-state index contributed by atoms with van der Waals surface area (Å²) in [6.45, 7) is 4.71. The highest BCUT2D eigenvalue weighted by Crippen LogP contribution is 2.48. The number of hydrogen-bond acceptors (Lipinski definition) is 4. The molecule has 2 N–H and O–H groups in total. The van der Waals surface area contributed by atoms with Crippen molar-refractivity contribution in [2.75, 3.05) is 32.7 Å². The Labute approximate surface area is 209 Å². The van der Waals surface area contributed by atoms with E-state index in [0.717, 1.165) is 69.8 Å². The third kappa shape index (κ3) is 5.77. The minimum atomic E-state index is -0.620. The Hall–Kier alpha value is -2.68. The van der Waals surface area contributed by atoms with Crippen molar-refractivity contribution in [3.8, 4) is 6.07 Å². The van der Waals surface area contributed by atoms with Crippen LogP contribution in [-0.4, -0.2) is 48.7 Å². The highest BCUT2D eigenvalue weighted by molar-refractivity contribution is 5.78. The van der Waals surface area contributed by atoms with Crippen LogP contribution in [0.15, 0.2) is 54.6 Å². The van der Waals surface area contributed by atoms with Crippen LogP contribution in [0.4, 0.5) is 0 Å². The van der Waals surface area contributed by atoms with Gasteiger partial charge in [-0.05, 0) is 92.1 Å². The fraction of sp³-hybridized carbons (Fsp3) is 0.533. The molecule has 1 unspecified atom stereocenters. The molecule has 184 valence electrons. The van der Waals surface area contributed by atoms with Gasteiger partial charge in [-0.1, -0.05) is 54.6 Å². The molecule has 0 aromatic heterocycles. The SMILES string of the molecule is N#CCc1ccc(CC2(CNC[C@@H]3CC3c3ccccc3)CCN(CC3(C(=O)O)CC3)CC2)cc1. The van der Waals surface area contributed by atoms with Crippen LogP contribution in [0.3, 0.4) is 0 Å². The van der Waals surface area contributed by atoms with Crippen molar-refractivity contribution < 1.29 is 9.90 Å². The van der Waals surface area contributed by atoms with E-state index in [2.05, 4.69) is 70.9 Å². The van der Waals surface area contributed by atoms with E-state index in [4.69, 9.17) is 5.26 Å². The lowest BCUT2D eigenvalue weighted by atomic mass is 9.73. The molecule has 5 rings (SSSR count). The molecule has 1 saturated heterocycles. The second-order valence-corrected chi connectivity index (χ2v) is 11.3. The first kappa shape index (κ1) is 24.0. The Morgan fingerprint density at radius 2 is 1.71 bits per heavy atom. The number of piperidine rings is 1. The molecule has 2 saturated carbocycles. The molecule has 0 radical (unpaired) electrons. The maximum absolute atomic E-state index is 11.7. The van der Waals surface area contributed by atoms with Gasteiger partial charge in [0.1, 0.15) is 0 Å². The number of likely N-dealkylation sites (tertiary alicyclic amines) is 1. The molecule has 2 atom stereocenters. The fourth-order valence-corrected chi connectivity index (χ4v) is 6.02. The number of carbonyl (C=O) groups is 1. The standard InChI is InChI=1S/C30H37N3O2/c31-15-10-23-6-8-24(9-7-23)19-29(13-16-33(17-14-29)22-30(11-12-30)28(34)35)21-32-20-26-18-27(26)25-4-2-1-3-5-25/h1-9,26-27,32H,10-14,16-22H2,(H,34,35)/t26-,27?/m0/s1. The number of nitrogens with zero attached hydrogens (tertiary/aromatic N) is 2. The van der Waals surface area contributed by atoms with Crippen LogP contribution in [0.5, 0.6) is 0 Å². The minimum Gasteiger partial charge on any atom is -0.481 e. The summed E-state index contributed by atoms with van der Waals surface area (Å²) in [5, 5.41) is 22.4. The van der Waals surface area contributed by atoms with Gasteiger partial charge in [-0.25, -0.2) is 0 Å². The van der Waals surface area contributed by atoms with E-state index in [9.17, 15) is 9.90 Å². The van der Waals surface area contributed by atoms with Crippen LogP contribution >= 0.6 is 0 Å². The maximum atomic E-state index is 11.7. The van der Waals surface area contributed by atoms with Crippen molar-refractivity contribution in [2.45, 2.75) is 50.9 Å². The maximum Gasteiger partial charge on any atom is 0.310 e. The number of rotatable bonds is 11. The van der Waals surface area contributed by atoms with Gasteiger partial charge < -0.3 is 15.3 Å². The van der Waals surface area contributed by atoms with Gasteiger partial charge in [0.25, 0.3) is 0 Å². The van der Waals surface area contributed by atoms with Crippen molar-refractivity contribution in [1.29, 1.82) is 5.26 Å². The number of nitrogens with one attached hydrogen (secondary N) is 1. The molecule has 35 heavy (non-hydrogen) atoms. The van der Waals surface area contributed by atoms with E-state index in [1.807, 2.05) is 0 Å². The summed E-state index contributed by atoms with van der Waals surface area (Å²) in [7, 11) is 0. The molecular weight excluding hydrogens is 434 g/mol. The molecule has 2 aromatic carbocycles. The van der Waals surface area contributed by atoms with Crippen LogP contribution in [0.1, 0.15) is 54.7 Å². The zero-order chi connectivity index (χ0) is 24.3. The number of benzene rings is 2. The molecule has 0 spiro atoms. The van der Waals surface area contributed by atoms with Crippen molar-refractivity contribution >= 4 is 5.97 Å². The Balaban J connectivity index is 1.20. The Morgan fingerprint density at radius 1 is 1.03 bits per heavy atom. The zero-order valence-corrected chi connectivity index (χ0v) is 20.6. The lowest BCUT2D eigenvalue weighted by Gasteiger charge is -2.43. The largest absolute Gasteiger partial charge is 0.481 e. The molecule has 0 bridgehead atoms. The summed E-state index contributed by atoms with van der Waals surface area (Å²) in [5.74, 6) is 0.802. The Morgan fingerprint density at radius 3 is 2.34 bits per heavy atom. The van der Waals surface area contributed by atoms with Crippen LogP contribution in [0.2, 0.25) is 0 Å². The van der Waals surface area contributed by atoms with E-state index in [0.29, 0.717) is 18.9 Å².